The van der Waals surface area contributed by atoms with Gasteiger partial charge in [-0.15, -0.1) is 0 Å². The zero-order valence-electron chi connectivity index (χ0n) is 18.3. The summed E-state index contributed by atoms with van der Waals surface area (Å²) in [4.78, 5) is 29.4. The smallest absolute Gasteiger partial charge is 0.408 e. The number of nitrogens with one attached hydrogen (secondary N) is 2. The zero-order chi connectivity index (χ0) is 23.1. The number of anilines is 1. The van der Waals surface area contributed by atoms with E-state index in [1.165, 1.54) is 6.07 Å². The molecule has 0 unspecified atom stereocenters. The van der Waals surface area contributed by atoms with E-state index in [1.807, 2.05) is 30.3 Å². The number of ether oxygens (including phenoxy) is 1. The highest BCUT2D eigenvalue weighted by molar-refractivity contribution is 5.97. The summed E-state index contributed by atoms with van der Waals surface area (Å²) in [6, 6.07) is 16.3. The predicted molar refractivity (Wildman–Crippen MR) is 122 cm³/mol. The molecule has 0 radical (unpaired) electrons. The molecule has 2 amide bonds. The quantitative estimate of drug-likeness (QED) is 0.573. The number of hydrogen-bond donors (Lipinski definition) is 2. The third-order valence-corrected chi connectivity index (χ3v) is 4.53. The molecule has 3 aromatic rings. The summed E-state index contributed by atoms with van der Waals surface area (Å²) in [6.07, 6.45) is 2.77. The average molecular weight is 435 g/mol. The van der Waals surface area contributed by atoms with Crippen molar-refractivity contribution in [1.29, 1.82) is 0 Å². The molecule has 0 saturated carbocycles. The van der Waals surface area contributed by atoms with Gasteiger partial charge in [-0.2, -0.15) is 0 Å². The van der Waals surface area contributed by atoms with Crippen molar-refractivity contribution in [2.45, 2.75) is 38.8 Å². The number of amides is 2. The van der Waals surface area contributed by atoms with E-state index < -0.39 is 29.5 Å². The fraction of sp³-hybridized carbons (Fsp3) is 0.240. The maximum Gasteiger partial charge on any atom is 0.408 e. The van der Waals surface area contributed by atoms with E-state index >= 15 is 0 Å². The van der Waals surface area contributed by atoms with Gasteiger partial charge in [-0.1, -0.05) is 36.4 Å². The van der Waals surface area contributed by atoms with E-state index in [9.17, 15) is 14.0 Å². The topological polar surface area (TPSA) is 80.3 Å². The Balaban J connectivity index is 1.82. The van der Waals surface area contributed by atoms with E-state index in [1.54, 1.807) is 57.4 Å². The fourth-order valence-electron chi connectivity index (χ4n) is 3.07. The maximum atomic E-state index is 14.5. The lowest BCUT2D eigenvalue weighted by molar-refractivity contribution is -0.118. The van der Waals surface area contributed by atoms with Crippen LogP contribution in [0.25, 0.3) is 11.1 Å². The van der Waals surface area contributed by atoms with Gasteiger partial charge in [-0.05, 0) is 61.7 Å². The number of carbonyl (C=O) groups is 2. The molecule has 2 aromatic carbocycles. The molecule has 166 valence electrons. The maximum absolute atomic E-state index is 14.5. The van der Waals surface area contributed by atoms with Crippen LogP contribution in [0.4, 0.5) is 14.9 Å². The van der Waals surface area contributed by atoms with Gasteiger partial charge in [0.05, 0.1) is 5.69 Å². The third-order valence-electron chi connectivity index (χ3n) is 4.53. The molecule has 0 aliphatic heterocycles. The fourth-order valence-corrected chi connectivity index (χ4v) is 3.07. The SMILES string of the molecule is CC(C)(C)OC(=O)N[C@@H](Cc1ccccc1)C(=O)Nc1cc(-c2ccncc2)ccc1F. The van der Waals surface area contributed by atoms with Crippen LogP contribution in [0.1, 0.15) is 26.3 Å². The second kappa shape index (κ2) is 10.0. The standard InChI is InChI=1S/C25H26FN3O3/c1-25(2,3)32-24(31)29-22(15-17-7-5-4-6-8-17)23(30)28-21-16-19(9-10-20(21)26)18-11-13-27-14-12-18/h4-14,16,22H,15H2,1-3H3,(H,28,30)(H,29,31)/t22-/m0/s1. The monoisotopic (exact) mass is 435 g/mol. The molecule has 3 rings (SSSR count). The lowest BCUT2D eigenvalue weighted by atomic mass is 10.0. The van der Waals surface area contributed by atoms with Gasteiger partial charge in [0, 0.05) is 18.8 Å². The van der Waals surface area contributed by atoms with Crippen molar-refractivity contribution < 1.29 is 18.7 Å². The Morgan fingerprint density at radius 2 is 1.69 bits per heavy atom. The van der Waals surface area contributed by atoms with E-state index in [2.05, 4.69) is 15.6 Å². The minimum atomic E-state index is -0.962. The summed E-state index contributed by atoms with van der Waals surface area (Å²) < 4.78 is 19.8. The number of aromatic nitrogens is 1. The molecule has 1 heterocycles. The summed E-state index contributed by atoms with van der Waals surface area (Å²) >= 11 is 0. The van der Waals surface area contributed by atoms with Crippen LogP contribution in [0.2, 0.25) is 0 Å². The average Bonchev–Trinajstić information content (AvgIpc) is 2.75. The van der Waals surface area contributed by atoms with Crippen molar-refractivity contribution in [1.82, 2.24) is 10.3 Å². The van der Waals surface area contributed by atoms with Gasteiger partial charge in [-0.3, -0.25) is 9.78 Å². The van der Waals surface area contributed by atoms with Gasteiger partial charge in [0.25, 0.3) is 0 Å². The van der Waals surface area contributed by atoms with Gasteiger partial charge in [0.1, 0.15) is 17.5 Å². The van der Waals surface area contributed by atoms with E-state index in [0.717, 1.165) is 16.7 Å². The van der Waals surface area contributed by atoms with Crippen molar-refractivity contribution in [2.75, 3.05) is 5.32 Å². The van der Waals surface area contributed by atoms with E-state index in [4.69, 9.17) is 4.74 Å². The molecule has 1 atom stereocenters. The Bertz CT molecular complexity index is 1070. The Morgan fingerprint density at radius 1 is 1.00 bits per heavy atom. The lowest BCUT2D eigenvalue weighted by Gasteiger charge is -2.23. The van der Waals surface area contributed by atoms with Gasteiger partial charge >= 0.3 is 6.09 Å². The third kappa shape index (κ3) is 6.63. The second-order valence-corrected chi connectivity index (χ2v) is 8.31. The second-order valence-electron chi connectivity index (χ2n) is 8.31. The van der Waals surface area contributed by atoms with Gasteiger partial charge < -0.3 is 15.4 Å². The normalized spacial score (nSPS) is 12.0. The Kier molecular flexibility index (Phi) is 7.20. The highest BCUT2D eigenvalue weighted by Crippen LogP contribution is 2.25. The molecule has 0 bridgehead atoms. The molecular formula is C25H26FN3O3. The van der Waals surface area contributed by atoms with Crippen molar-refractivity contribution >= 4 is 17.7 Å². The Labute approximate surface area is 186 Å². The van der Waals surface area contributed by atoms with Gasteiger partial charge in [0.15, 0.2) is 0 Å². The number of benzene rings is 2. The van der Waals surface area contributed by atoms with Crippen molar-refractivity contribution in [3.05, 3.63) is 84.4 Å². The largest absolute Gasteiger partial charge is 0.444 e. The molecule has 0 aliphatic carbocycles. The van der Waals surface area contributed by atoms with Crippen LogP contribution >= 0.6 is 0 Å². The highest BCUT2D eigenvalue weighted by Gasteiger charge is 2.25. The van der Waals surface area contributed by atoms with Crippen LogP contribution in [0.3, 0.4) is 0 Å². The Hall–Kier alpha value is -3.74. The van der Waals surface area contributed by atoms with E-state index in [0.29, 0.717) is 0 Å². The number of halogens is 1. The molecule has 0 saturated heterocycles. The highest BCUT2D eigenvalue weighted by atomic mass is 19.1. The molecular weight excluding hydrogens is 409 g/mol. The van der Waals surface area contributed by atoms with Crippen LogP contribution in [0.5, 0.6) is 0 Å². The Morgan fingerprint density at radius 3 is 2.34 bits per heavy atom. The predicted octanol–water partition coefficient (Wildman–Crippen LogP) is 4.96. The minimum absolute atomic E-state index is 0.0216. The number of carbonyl (C=O) groups excluding carboxylic acids is 2. The zero-order valence-corrected chi connectivity index (χ0v) is 18.3. The number of pyridine rings is 1. The number of rotatable bonds is 6. The number of nitrogens with zero attached hydrogens (tertiary/aromatic N) is 1. The molecule has 1 aromatic heterocycles. The summed E-state index contributed by atoms with van der Waals surface area (Å²) in [5.41, 5.74) is 1.71. The molecule has 0 aliphatic rings. The van der Waals surface area contributed by atoms with Crippen LogP contribution in [0, 0.1) is 5.82 Å². The van der Waals surface area contributed by atoms with Gasteiger partial charge in [0.2, 0.25) is 5.91 Å². The van der Waals surface area contributed by atoms with Crippen molar-refractivity contribution in [3.63, 3.8) is 0 Å². The van der Waals surface area contributed by atoms with Crippen LogP contribution < -0.4 is 10.6 Å². The first-order valence-electron chi connectivity index (χ1n) is 10.3. The summed E-state index contributed by atoms with van der Waals surface area (Å²) in [5, 5.41) is 5.21. The van der Waals surface area contributed by atoms with E-state index in [-0.39, 0.29) is 12.1 Å². The molecule has 7 heteroatoms. The van der Waals surface area contributed by atoms with Crippen molar-refractivity contribution in [3.8, 4) is 11.1 Å². The summed E-state index contributed by atoms with van der Waals surface area (Å²) in [7, 11) is 0. The molecule has 32 heavy (non-hydrogen) atoms. The van der Waals surface area contributed by atoms with Crippen LogP contribution in [-0.4, -0.2) is 28.6 Å². The lowest BCUT2D eigenvalue weighted by Crippen LogP contribution is -2.47. The first-order chi connectivity index (χ1) is 15.2. The number of alkyl carbamates (subject to hydrolysis) is 1. The van der Waals surface area contributed by atoms with Crippen LogP contribution in [0.15, 0.2) is 73.1 Å². The first kappa shape index (κ1) is 22.9. The van der Waals surface area contributed by atoms with Crippen molar-refractivity contribution in [2.24, 2.45) is 0 Å². The molecule has 6 nitrogen and oxygen atoms in total. The number of hydrogen-bond acceptors (Lipinski definition) is 4. The summed E-state index contributed by atoms with van der Waals surface area (Å²) in [5.74, 6) is -1.13. The molecule has 0 spiro atoms. The molecule has 2 N–H and O–H groups in total. The summed E-state index contributed by atoms with van der Waals surface area (Å²) in [6.45, 7) is 5.20. The van der Waals surface area contributed by atoms with Crippen LogP contribution in [-0.2, 0) is 16.0 Å². The minimum Gasteiger partial charge on any atom is -0.444 e. The molecule has 0 fully saturated rings. The van der Waals surface area contributed by atoms with Gasteiger partial charge in [-0.25, -0.2) is 9.18 Å². The first-order valence-corrected chi connectivity index (χ1v) is 10.3.